The predicted molar refractivity (Wildman–Crippen MR) is 158 cm³/mol. The zero-order chi connectivity index (χ0) is 36.5. The van der Waals surface area contributed by atoms with Gasteiger partial charge in [0, 0.05) is 53.4 Å². The zero-order valence-electron chi connectivity index (χ0n) is 27.1. The second-order valence-corrected chi connectivity index (χ2v) is 12.2. The molecule has 3 fully saturated rings. The van der Waals surface area contributed by atoms with Crippen molar-refractivity contribution in [3.05, 3.63) is 94.9 Å². The molecule has 0 aromatic carbocycles. The minimum atomic E-state index is -1.68. The van der Waals surface area contributed by atoms with Gasteiger partial charge in [0.15, 0.2) is 11.6 Å². The molecule has 5 aliphatic rings. The van der Waals surface area contributed by atoms with Crippen LogP contribution in [0.5, 0.6) is 0 Å². The van der Waals surface area contributed by atoms with Gasteiger partial charge in [0.1, 0.15) is 11.1 Å². The average molecular weight is 695 g/mol. The smallest absolute Gasteiger partial charge is 0.348 e. The molecule has 2 saturated heterocycles. The molecule has 0 radical (unpaired) electrons. The molecule has 0 aromatic heterocycles. The van der Waals surface area contributed by atoms with Gasteiger partial charge in [-0.1, -0.05) is 36.5 Å². The van der Waals surface area contributed by atoms with E-state index in [2.05, 4.69) is 0 Å². The lowest BCUT2D eigenvalue weighted by Gasteiger charge is -2.53. The fourth-order valence-electron chi connectivity index (χ4n) is 5.13. The second kappa shape index (κ2) is 13.1. The Hall–Kier alpha value is -6.06. The Morgan fingerprint density at radius 1 is 0.440 bits per heavy atom. The summed E-state index contributed by atoms with van der Waals surface area (Å²) < 4.78 is 41.7. The van der Waals surface area contributed by atoms with Gasteiger partial charge in [-0.15, -0.1) is 0 Å². The molecule has 0 amide bonds. The van der Waals surface area contributed by atoms with E-state index in [1.165, 1.54) is 64.2 Å². The molecule has 16 heteroatoms. The minimum absolute atomic E-state index is 0.150. The summed E-state index contributed by atoms with van der Waals surface area (Å²) in [7, 11) is 0. The highest BCUT2D eigenvalue weighted by Crippen LogP contribution is 2.46. The highest BCUT2D eigenvalue weighted by atomic mass is 16.8. The van der Waals surface area contributed by atoms with Gasteiger partial charge in [0.2, 0.25) is 0 Å². The van der Waals surface area contributed by atoms with E-state index in [1.807, 2.05) is 0 Å². The van der Waals surface area contributed by atoms with Crippen LogP contribution in [0.25, 0.3) is 0 Å². The number of cyclic esters (lactones) is 4. The standard InChI is InChI=1S/C34H32O16/c1-31(2)43-23(35)19(24(36)44-31)11-7-5-9-13-21-27(39)47-33(48-28(21)40)15-17-34(18-16-33)49-29(41)22(30(42)50-34)14-10-6-8-12-20-25(37)45-32(3,4)46-26(20)38/h5-14,39,41H,15-18H2,1-4H3/p-2/b7-5+,8-6?,13-9+,14-10?. The third-order valence-corrected chi connectivity index (χ3v) is 7.50. The van der Waals surface area contributed by atoms with E-state index in [9.17, 15) is 39.0 Å². The van der Waals surface area contributed by atoms with E-state index in [0.717, 1.165) is 24.3 Å². The van der Waals surface area contributed by atoms with Crippen LogP contribution in [0.15, 0.2) is 94.9 Å². The van der Waals surface area contributed by atoms with Gasteiger partial charge < -0.3 is 48.1 Å². The molecule has 0 atom stereocenters. The van der Waals surface area contributed by atoms with Crippen molar-refractivity contribution >= 4 is 35.8 Å². The van der Waals surface area contributed by atoms with Gasteiger partial charge in [-0.25, -0.2) is 28.8 Å². The summed E-state index contributed by atoms with van der Waals surface area (Å²) in [4.78, 5) is 73.4. The number of carbonyl (C=O) groups is 6. The van der Waals surface area contributed by atoms with Gasteiger partial charge in [0.05, 0.1) is 23.0 Å². The van der Waals surface area contributed by atoms with Crippen LogP contribution in [0.2, 0.25) is 0 Å². The first-order chi connectivity index (χ1) is 23.4. The molecule has 0 N–H and O–H groups in total. The topological polar surface area (TPSA) is 222 Å². The SMILES string of the molecule is CC1(C)OC(=O)C(=CC=CC=CC2=C([O-])OC3(CCC4(CC3)OC(=O)C(/C=C/C=C/C=C3C(=O)OC(C)(C)OC3=O)=C([O-])O4)OC2=O)C(=O)O1. The molecule has 0 unspecified atom stereocenters. The van der Waals surface area contributed by atoms with Crippen LogP contribution in [0.1, 0.15) is 53.4 Å². The van der Waals surface area contributed by atoms with Crippen molar-refractivity contribution in [2.24, 2.45) is 0 Å². The fraction of sp³-hybridized carbons (Fsp3) is 0.353. The number of ether oxygens (including phenoxy) is 8. The largest absolute Gasteiger partial charge is 0.574 e. The third kappa shape index (κ3) is 7.64. The predicted octanol–water partition coefficient (Wildman–Crippen LogP) is 0.993. The number of esters is 6. The van der Waals surface area contributed by atoms with Crippen LogP contribution in [0, 0.1) is 0 Å². The van der Waals surface area contributed by atoms with Crippen LogP contribution in [-0.4, -0.2) is 59.0 Å². The summed E-state index contributed by atoms with van der Waals surface area (Å²) in [5.74, 6) is -13.5. The highest BCUT2D eigenvalue weighted by Gasteiger charge is 2.48. The molecule has 264 valence electrons. The molecule has 1 saturated carbocycles. The highest BCUT2D eigenvalue weighted by molar-refractivity contribution is 6.16. The number of allylic oxidation sites excluding steroid dienone is 8. The van der Waals surface area contributed by atoms with Gasteiger partial charge in [0.25, 0.3) is 11.6 Å². The lowest BCUT2D eigenvalue weighted by atomic mass is 9.87. The summed E-state index contributed by atoms with van der Waals surface area (Å²) in [5, 5.41) is 25.5. The van der Waals surface area contributed by atoms with E-state index < -0.39 is 82.0 Å². The number of hydrogen-bond donors (Lipinski definition) is 0. The molecular weight excluding hydrogens is 664 g/mol. The van der Waals surface area contributed by atoms with Crippen LogP contribution in [0.4, 0.5) is 0 Å². The summed E-state index contributed by atoms with van der Waals surface area (Å²) >= 11 is 0. The van der Waals surface area contributed by atoms with E-state index in [4.69, 9.17) is 37.9 Å². The van der Waals surface area contributed by atoms with Crippen LogP contribution < -0.4 is 10.2 Å². The maximum Gasteiger partial charge on any atom is 0.348 e. The Balaban J connectivity index is 1.17. The normalized spacial score (nSPS) is 24.2. The van der Waals surface area contributed by atoms with E-state index in [1.54, 1.807) is 0 Å². The molecule has 5 rings (SSSR count). The first kappa shape index (κ1) is 35.3. The van der Waals surface area contributed by atoms with Gasteiger partial charge in [-0.05, 0) is 24.3 Å². The van der Waals surface area contributed by atoms with Crippen molar-refractivity contribution in [2.45, 2.75) is 76.5 Å². The van der Waals surface area contributed by atoms with E-state index >= 15 is 0 Å². The Labute approximate surface area is 284 Å². The lowest BCUT2D eigenvalue weighted by Crippen LogP contribution is -2.54. The second-order valence-electron chi connectivity index (χ2n) is 12.2. The van der Waals surface area contributed by atoms with E-state index in [0.29, 0.717) is 0 Å². The molecule has 50 heavy (non-hydrogen) atoms. The van der Waals surface area contributed by atoms with Crippen molar-refractivity contribution in [2.75, 3.05) is 0 Å². The fourth-order valence-corrected chi connectivity index (χ4v) is 5.13. The number of hydrogen-bond acceptors (Lipinski definition) is 16. The van der Waals surface area contributed by atoms with Crippen molar-refractivity contribution < 1.29 is 76.9 Å². The Bertz CT molecular complexity index is 1610. The monoisotopic (exact) mass is 694 g/mol. The summed E-state index contributed by atoms with van der Waals surface area (Å²) in [5.41, 5.74) is -1.55. The van der Waals surface area contributed by atoms with E-state index in [-0.39, 0.29) is 36.8 Å². The van der Waals surface area contributed by atoms with Gasteiger partial charge in [-0.2, -0.15) is 0 Å². The molecule has 4 aliphatic heterocycles. The van der Waals surface area contributed by atoms with Crippen molar-refractivity contribution in [1.29, 1.82) is 0 Å². The maximum absolute atomic E-state index is 12.7. The van der Waals surface area contributed by atoms with Gasteiger partial charge >= 0.3 is 35.8 Å². The molecular formula is C34H30O16-2. The first-order valence-corrected chi connectivity index (χ1v) is 15.1. The average Bonchev–Trinajstić information content (AvgIpc) is 2.98. The summed E-state index contributed by atoms with van der Waals surface area (Å²) in [6, 6.07) is 0. The van der Waals surface area contributed by atoms with Crippen molar-refractivity contribution in [3.8, 4) is 0 Å². The van der Waals surface area contributed by atoms with Gasteiger partial charge in [-0.3, -0.25) is 0 Å². The Morgan fingerprint density at radius 3 is 1.06 bits per heavy atom. The van der Waals surface area contributed by atoms with Crippen LogP contribution in [-0.2, 0) is 66.7 Å². The van der Waals surface area contributed by atoms with Crippen LogP contribution >= 0.6 is 0 Å². The lowest BCUT2D eigenvalue weighted by molar-refractivity contribution is -0.422. The molecule has 0 aromatic rings. The van der Waals surface area contributed by atoms with Crippen LogP contribution in [0.3, 0.4) is 0 Å². The molecule has 4 heterocycles. The van der Waals surface area contributed by atoms with Crippen molar-refractivity contribution in [1.82, 2.24) is 0 Å². The zero-order valence-corrected chi connectivity index (χ0v) is 27.1. The molecule has 2 spiro atoms. The maximum atomic E-state index is 12.7. The minimum Gasteiger partial charge on any atom is -0.574 e. The first-order valence-electron chi connectivity index (χ1n) is 15.1. The Kier molecular flexibility index (Phi) is 9.23. The number of rotatable bonds is 6. The molecule has 0 bridgehead atoms. The quantitative estimate of drug-likeness (QED) is 0.124. The summed E-state index contributed by atoms with van der Waals surface area (Å²) in [6.07, 6.45) is 11.8. The summed E-state index contributed by atoms with van der Waals surface area (Å²) in [6.45, 7) is 5.63. The van der Waals surface area contributed by atoms with Crippen molar-refractivity contribution in [3.63, 3.8) is 0 Å². The Morgan fingerprint density at radius 2 is 0.760 bits per heavy atom. The molecule has 16 nitrogen and oxygen atoms in total. The molecule has 1 aliphatic carbocycles. The number of carbonyl (C=O) groups excluding carboxylic acids is 6. The third-order valence-electron chi connectivity index (χ3n) is 7.50.